The lowest BCUT2D eigenvalue weighted by atomic mass is 10.2. The van der Waals surface area contributed by atoms with Gasteiger partial charge in [0.25, 0.3) is 0 Å². The zero-order chi connectivity index (χ0) is 17.3. The summed E-state index contributed by atoms with van der Waals surface area (Å²) in [6.07, 6.45) is 0. The number of nitrogens with zero attached hydrogens (tertiary/aromatic N) is 4. The van der Waals surface area contributed by atoms with Gasteiger partial charge in [0.2, 0.25) is 21.8 Å². The van der Waals surface area contributed by atoms with E-state index < -0.39 is 10.0 Å². The molecule has 130 valence electrons. The highest BCUT2D eigenvalue weighted by Crippen LogP contribution is 2.23. The minimum Gasteiger partial charge on any atom is -0.424 e. The molecule has 0 saturated carbocycles. The van der Waals surface area contributed by atoms with Crippen LogP contribution in [0.5, 0.6) is 0 Å². The molecule has 2 heterocycles. The molecule has 3 rings (SSSR count). The van der Waals surface area contributed by atoms with Crippen molar-refractivity contribution in [3.63, 3.8) is 0 Å². The van der Waals surface area contributed by atoms with Gasteiger partial charge in [0.05, 0.1) is 10.9 Å². The van der Waals surface area contributed by atoms with Gasteiger partial charge in [-0.05, 0) is 26.0 Å². The lowest BCUT2D eigenvalue weighted by Gasteiger charge is -2.36. The highest BCUT2D eigenvalue weighted by atomic mass is 32.2. The minimum atomic E-state index is -3.43. The van der Waals surface area contributed by atoms with Crippen LogP contribution < -0.4 is 0 Å². The molecule has 0 bridgehead atoms. The molecule has 0 N–H and O–H groups in total. The number of hydrogen-bond donors (Lipinski definition) is 0. The number of aryl methyl sites for hydroxylation is 2. The molecule has 1 aromatic carbocycles. The summed E-state index contributed by atoms with van der Waals surface area (Å²) in [4.78, 5) is 2.51. The van der Waals surface area contributed by atoms with Crippen molar-refractivity contribution < 1.29 is 12.8 Å². The Morgan fingerprint density at radius 1 is 1.04 bits per heavy atom. The molecule has 1 atom stereocenters. The first-order valence-electron chi connectivity index (χ1n) is 7.99. The summed E-state index contributed by atoms with van der Waals surface area (Å²) in [7, 11) is -3.43. The lowest BCUT2D eigenvalue weighted by molar-refractivity contribution is 0.128. The van der Waals surface area contributed by atoms with Crippen molar-refractivity contribution in [1.29, 1.82) is 0 Å². The molecule has 1 aromatic heterocycles. The van der Waals surface area contributed by atoms with Crippen molar-refractivity contribution in [1.82, 2.24) is 19.4 Å². The summed E-state index contributed by atoms with van der Waals surface area (Å²) in [6, 6.07) is 6.96. The third-order valence-corrected chi connectivity index (χ3v) is 6.29. The predicted octanol–water partition coefficient (Wildman–Crippen LogP) is 1.75. The van der Waals surface area contributed by atoms with Gasteiger partial charge in [-0.25, -0.2) is 8.42 Å². The number of piperazine rings is 1. The monoisotopic (exact) mass is 350 g/mol. The third kappa shape index (κ3) is 3.35. The number of benzene rings is 1. The quantitative estimate of drug-likeness (QED) is 0.836. The Hall–Kier alpha value is -1.77. The molecule has 24 heavy (non-hydrogen) atoms. The Labute approximate surface area is 142 Å². The van der Waals surface area contributed by atoms with E-state index in [2.05, 4.69) is 15.1 Å². The van der Waals surface area contributed by atoms with Gasteiger partial charge in [0, 0.05) is 33.1 Å². The van der Waals surface area contributed by atoms with E-state index in [1.54, 1.807) is 23.4 Å². The fourth-order valence-corrected chi connectivity index (χ4v) is 4.25. The van der Waals surface area contributed by atoms with Crippen molar-refractivity contribution in [2.45, 2.75) is 31.7 Å². The van der Waals surface area contributed by atoms with Crippen LogP contribution in [0.4, 0.5) is 0 Å². The van der Waals surface area contributed by atoms with Crippen LogP contribution in [-0.4, -0.2) is 54.0 Å². The molecular weight excluding hydrogens is 328 g/mol. The van der Waals surface area contributed by atoms with E-state index >= 15 is 0 Å². The molecule has 0 radical (unpaired) electrons. The van der Waals surface area contributed by atoms with Gasteiger partial charge in [-0.1, -0.05) is 17.7 Å². The number of hydrogen-bond acceptors (Lipinski definition) is 6. The Morgan fingerprint density at radius 2 is 1.67 bits per heavy atom. The second-order valence-electron chi connectivity index (χ2n) is 6.09. The van der Waals surface area contributed by atoms with Crippen molar-refractivity contribution in [3.05, 3.63) is 41.6 Å². The average molecular weight is 350 g/mol. The highest BCUT2D eigenvalue weighted by molar-refractivity contribution is 7.89. The van der Waals surface area contributed by atoms with E-state index in [0.717, 1.165) is 5.56 Å². The van der Waals surface area contributed by atoms with Gasteiger partial charge in [-0.3, -0.25) is 4.90 Å². The van der Waals surface area contributed by atoms with Gasteiger partial charge in [-0.15, -0.1) is 10.2 Å². The molecule has 1 fully saturated rings. The normalized spacial score (nSPS) is 18.6. The van der Waals surface area contributed by atoms with Gasteiger partial charge < -0.3 is 4.42 Å². The topological polar surface area (TPSA) is 79.5 Å². The van der Waals surface area contributed by atoms with E-state index in [1.807, 2.05) is 26.0 Å². The molecular formula is C16H22N4O3S. The fourth-order valence-electron chi connectivity index (χ4n) is 2.83. The van der Waals surface area contributed by atoms with Gasteiger partial charge >= 0.3 is 0 Å². The predicted molar refractivity (Wildman–Crippen MR) is 89.0 cm³/mol. The number of sulfonamides is 1. The molecule has 0 aliphatic carbocycles. The van der Waals surface area contributed by atoms with Crippen LogP contribution in [0.15, 0.2) is 33.6 Å². The molecule has 7 nitrogen and oxygen atoms in total. The zero-order valence-electron chi connectivity index (χ0n) is 14.1. The number of aromatic nitrogens is 2. The molecule has 0 amide bonds. The molecule has 8 heteroatoms. The molecule has 1 aliphatic heterocycles. The second-order valence-corrected chi connectivity index (χ2v) is 8.03. The Balaban J connectivity index is 1.67. The Kier molecular flexibility index (Phi) is 4.71. The van der Waals surface area contributed by atoms with Crippen LogP contribution in [-0.2, 0) is 10.0 Å². The van der Waals surface area contributed by atoms with Crippen LogP contribution in [0, 0.1) is 13.8 Å². The molecule has 1 saturated heterocycles. The molecule has 0 spiro atoms. The largest absolute Gasteiger partial charge is 0.424 e. The maximum absolute atomic E-state index is 12.7. The first-order valence-corrected chi connectivity index (χ1v) is 9.43. The number of rotatable bonds is 4. The van der Waals surface area contributed by atoms with Crippen LogP contribution in [0.25, 0.3) is 0 Å². The minimum absolute atomic E-state index is 0.0181. The van der Waals surface area contributed by atoms with Crippen molar-refractivity contribution in [3.8, 4) is 0 Å². The zero-order valence-corrected chi connectivity index (χ0v) is 15.0. The van der Waals surface area contributed by atoms with E-state index in [-0.39, 0.29) is 6.04 Å². The smallest absolute Gasteiger partial charge is 0.243 e. The van der Waals surface area contributed by atoms with E-state index in [1.165, 1.54) is 0 Å². The van der Waals surface area contributed by atoms with Gasteiger partial charge in [0.1, 0.15) is 0 Å². The molecule has 1 unspecified atom stereocenters. The standard InChI is InChI=1S/C16H22N4O3S/c1-12-4-6-15(7-5-12)24(21,22)20-10-8-19(9-11-20)13(2)16-18-17-14(3)23-16/h4-7,13H,8-11H2,1-3H3. The van der Waals surface area contributed by atoms with Gasteiger partial charge in [0.15, 0.2) is 0 Å². The van der Waals surface area contributed by atoms with E-state index in [4.69, 9.17) is 4.42 Å². The second kappa shape index (κ2) is 6.62. The summed E-state index contributed by atoms with van der Waals surface area (Å²) in [5.74, 6) is 1.11. The Bertz CT molecular complexity index is 793. The average Bonchev–Trinajstić information content (AvgIpc) is 3.01. The Morgan fingerprint density at radius 3 is 2.21 bits per heavy atom. The SMILES string of the molecule is Cc1ccc(S(=O)(=O)N2CCN(C(C)c3nnc(C)o3)CC2)cc1. The van der Waals surface area contributed by atoms with Crippen LogP contribution in [0.3, 0.4) is 0 Å². The van der Waals surface area contributed by atoms with Crippen molar-refractivity contribution in [2.24, 2.45) is 0 Å². The van der Waals surface area contributed by atoms with Crippen molar-refractivity contribution in [2.75, 3.05) is 26.2 Å². The first-order chi connectivity index (χ1) is 11.4. The fraction of sp³-hybridized carbons (Fsp3) is 0.500. The van der Waals surface area contributed by atoms with Crippen LogP contribution >= 0.6 is 0 Å². The molecule has 2 aromatic rings. The summed E-state index contributed by atoms with van der Waals surface area (Å²) in [5.41, 5.74) is 1.04. The van der Waals surface area contributed by atoms with Crippen LogP contribution in [0.1, 0.15) is 30.3 Å². The van der Waals surface area contributed by atoms with Gasteiger partial charge in [-0.2, -0.15) is 4.31 Å². The van der Waals surface area contributed by atoms with E-state index in [9.17, 15) is 8.42 Å². The lowest BCUT2D eigenvalue weighted by Crippen LogP contribution is -2.49. The summed E-state index contributed by atoms with van der Waals surface area (Å²) in [6.45, 7) is 7.87. The molecule has 1 aliphatic rings. The summed E-state index contributed by atoms with van der Waals surface area (Å²) in [5, 5.41) is 7.91. The van der Waals surface area contributed by atoms with Crippen LogP contribution in [0.2, 0.25) is 0 Å². The summed E-state index contributed by atoms with van der Waals surface area (Å²) >= 11 is 0. The third-order valence-electron chi connectivity index (χ3n) is 4.38. The highest BCUT2D eigenvalue weighted by Gasteiger charge is 2.31. The maximum atomic E-state index is 12.7. The van der Waals surface area contributed by atoms with Crippen molar-refractivity contribution >= 4 is 10.0 Å². The first kappa shape index (κ1) is 17.1. The maximum Gasteiger partial charge on any atom is 0.243 e. The summed E-state index contributed by atoms with van der Waals surface area (Å²) < 4.78 is 32.4. The van der Waals surface area contributed by atoms with E-state index in [0.29, 0.717) is 42.9 Å².